The number of carbonyl (C=O) groups is 1. The van der Waals surface area contributed by atoms with Crippen LogP contribution in [-0.4, -0.2) is 60.0 Å². The monoisotopic (exact) mass is 233 g/mol. The molecule has 5 nitrogen and oxygen atoms in total. The van der Waals surface area contributed by atoms with Gasteiger partial charge in [-0.25, -0.2) is 0 Å². The van der Waals surface area contributed by atoms with E-state index in [0.29, 0.717) is 32.3 Å². The van der Waals surface area contributed by atoms with E-state index < -0.39 is 5.97 Å². The third-order valence-corrected chi connectivity index (χ3v) is 2.42. The highest BCUT2D eigenvalue weighted by Crippen LogP contribution is 2.04. The Bertz CT molecular complexity index is 196. The molecular formula is C11H23NO4. The van der Waals surface area contributed by atoms with Crippen molar-refractivity contribution in [1.29, 1.82) is 0 Å². The van der Waals surface area contributed by atoms with Gasteiger partial charge in [-0.2, -0.15) is 0 Å². The fourth-order valence-corrected chi connectivity index (χ4v) is 1.34. The predicted molar refractivity (Wildman–Crippen MR) is 61.4 cm³/mol. The number of hydrogen-bond donors (Lipinski definition) is 2. The molecule has 1 atom stereocenters. The molecule has 0 spiro atoms. The first-order valence-corrected chi connectivity index (χ1v) is 5.64. The lowest BCUT2D eigenvalue weighted by Gasteiger charge is -2.27. The van der Waals surface area contributed by atoms with Gasteiger partial charge < -0.3 is 14.9 Å². The SMILES string of the molecule is CC(CN(CCOCCO)C(C)C)C(=O)O. The highest BCUT2D eigenvalue weighted by atomic mass is 16.5. The lowest BCUT2D eigenvalue weighted by Crippen LogP contribution is -2.39. The van der Waals surface area contributed by atoms with Crippen LogP contribution in [-0.2, 0) is 9.53 Å². The Hall–Kier alpha value is -0.650. The molecule has 16 heavy (non-hydrogen) atoms. The lowest BCUT2D eigenvalue weighted by atomic mass is 10.1. The number of ether oxygens (including phenoxy) is 1. The summed E-state index contributed by atoms with van der Waals surface area (Å²) in [5, 5.41) is 17.4. The number of carboxylic acids is 1. The third-order valence-electron chi connectivity index (χ3n) is 2.42. The summed E-state index contributed by atoms with van der Waals surface area (Å²) < 4.78 is 5.17. The molecule has 0 aliphatic carbocycles. The molecule has 2 N–H and O–H groups in total. The van der Waals surface area contributed by atoms with E-state index in [-0.39, 0.29) is 12.5 Å². The van der Waals surface area contributed by atoms with Crippen molar-refractivity contribution in [1.82, 2.24) is 4.90 Å². The van der Waals surface area contributed by atoms with Crippen molar-refractivity contribution in [3.63, 3.8) is 0 Å². The smallest absolute Gasteiger partial charge is 0.307 e. The minimum absolute atomic E-state index is 0.0210. The van der Waals surface area contributed by atoms with Gasteiger partial charge in [0.2, 0.25) is 0 Å². The molecule has 0 aliphatic heterocycles. The average Bonchev–Trinajstić information content (AvgIpc) is 2.21. The minimum atomic E-state index is -0.776. The molecular weight excluding hydrogens is 210 g/mol. The fourth-order valence-electron chi connectivity index (χ4n) is 1.34. The van der Waals surface area contributed by atoms with Crippen LogP contribution in [0.15, 0.2) is 0 Å². The highest BCUT2D eigenvalue weighted by Gasteiger charge is 2.17. The zero-order valence-corrected chi connectivity index (χ0v) is 10.3. The molecule has 0 saturated carbocycles. The molecule has 1 unspecified atom stereocenters. The quantitative estimate of drug-likeness (QED) is 0.565. The molecule has 96 valence electrons. The summed E-state index contributed by atoms with van der Waals surface area (Å²) >= 11 is 0. The Labute approximate surface area is 97.0 Å². The topological polar surface area (TPSA) is 70.0 Å². The van der Waals surface area contributed by atoms with E-state index >= 15 is 0 Å². The second-order valence-corrected chi connectivity index (χ2v) is 4.16. The Kier molecular flexibility index (Phi) is 8.15. The second-order valence-electron chi connectivity index (χ2n) is 4.16. The van der Waals surface area contributed by atoms with Gasteiger partial charge in [-0.3, -0.25) is 9.69 Å². The molecule has 0 radical (unpaired) electrons. The summed E-state index contributed by atoms with van der Waals surface area (Å²) in [5.41, 5.74) is 0. The van der Waals surface area contributed by atoms with Crippen molar-refractivity contribution in [2.24, 2.45) is 5.92 Å². The van der Waals surface area contributed by atoms with Crippen molar-refractivity contribution in [2.75, 3.05) is 32.9 Å². The van der Waals surface area contributed by atoms with E-state index in [4.69, 9.17) is 14.9 Å². The number of aliphatic hydroxyl groups is 1. The molecule has 0 rings (SSSR count). The Morgan fingerprint density at radius 2 is 1.94 bits per heavy atom. The largest absolute Gasteiger partial charge is 0.481 e. The molecule has 0 amide bonds. The van der Waals surface area contributed by atoms with Crippen LogP contribution in [0.2, 0.25) is 0 Å². The van der Waals surface area contributed by atoms with Crippen molar-refractivity contribution in [3.05, 3.63) is 0 Å². The van der Waals surface area contributed by atoms with E-state index in [2.05, 4.69) is 4.90 Å². The summed E-state index contributed by atoms with van der Waals surface area (Å²) in [6, 6.07) is 0.291. The summed E-state index contributed by atoms with van der Waals surface area (Å²) in [7, 11) is 0. The number of carboxylic acid groups (broad SMARTS) is 1. The normalized spacial score (nSPS) is 13.4. The van der Waals surface area contributed by atoms with Crippen LogP contribution in [0.4, 0.5) is 0 Å². The van der Waals surface area contributed by atoms with Gasteiger partial charge in [0.15, 0.2) is 0 Å². The first kappa shape index (κ1) is 15.3. The van der Waals surface area contributed by atoms with Crippen molar-refractivity contribution in [2.45, 2.75) is 26.8 Å². The molecule has 0 aromatic heterocycles. The first-order chi connectivity index (χ1) is 7.49. The van der Waals surface area contributed by atoms with E-state index in [1.54, 1.807) is 6.92 Å². The molecule has 0 aliphatic rings. The molecule has 0 fully saturated rings. The van der Waals surface area contributed by atoms with E-state index in [0.717, 1.165) is 0 Å². The number of nitrogens with zero attached hydrogens (tertiary/aromatic N) is 1. The van der Waals surface area contributed by atoms with Gasteiger partial charge in [0.1, 0.15) is 0 Å². The van der Waals surface area contributed by atoms with Gasteiger partial charge >= 0.3 is 5.97 Å². The van der Waals surface area contributed by atoms with Crippen LogP contribution in [0.1, 0.15) is 20.8 Å². The zero-order valence-electron chi connectivity index (χ0n) is 10.3. The Balaban J connectivity index is 3.93. The van der Waals surface area contributed by atoms with Crippen LogP contribution in [0, 0.1) is 5.92 Å². The first-order valence-electron chi connectivity index (χ1n) is 5.64. The van der Waals surface area contributed by atoms with Crippen molar-refractivity contribution < 1.29 is 19.7 Å². The van der Waals surface area contributed by atoms with Gasteiger partial charge in [-0.05, 0) is 13.8 Å². The standard InChI is InChI=1S/C11H23NO4/c1-9(2)12(4-6-16-7-5-13)8-10(3)11(14)15/h9-10,13H,4-8H2,1-3H3,(H,14,15). The summed E-state index contributed by atoms with van der Waals surface area (Å²) in [6.07, 6.45) is 0. The van der Waals surface area contributed by atoms with Gasteiger partial charge in [-0.15, -0.1) is 0 Å². The molecule has 0 bridgehead atoms. The van der Waals surface area contributed by atoms with Gasteiger partial charge in [0.25, 0.3) is 0 Å². The van der Waals surface area contributed by atoms with Crippen LogP contribution >= 0.6 is 0 Å². The van der Waals surface area contributed by atoms with E-state index in [1.807, 2.05) is 13.8 Å². The Morgan fingerprint density at radius 3 is 2.38 bits per heavy atom. The molecule has 0 heterocycles. The minimum Gasteiger partial charge on any atom is -0.481 e. The Morgan fingerprint density at radius 1 is 1.31 bits per heavy atom. The van der Waals surface area contributed by atoms with E-state index in [9.17, 15) is 4.79 Å². The average molecular weight is 233 g/mol. The summed E-state index contributed by atoms with van der Waals surface area (Å²) in [6.45, 7) is 7.84. The number of rotatable bonds is 9. The van der Waals surface area contributed by atoms with Crippen LogP contribution < -0.4 is 0 Å². The second kappa shape index (κ2) is 8.50. The van der Waals surface area contributed by atoms with Crippen molar-refractivity contribution >= 4 is 5.97 Å². The number of aliphatic carboxylic acids is 1. The number of hydrogen-bond acceptors (Lipinski definition) is 4. The maximum atomic E-state index is 10.7. The van der Waals surface area contributed by atoms with Gasteiger partial charge in [0.05, 0.1) is 25.7 Å². The highest BCUT2D eigenvalue weighted by molar-refractivity contribution is 5.69. The fraction of sp³-hybridized carbons (Fsp3) is 0.909. The van der Waals surface area contributed by atoms with Crippen LogP contribution in [0.25, 0.3) is 0 Å². The van der Waals surface area contributed by atoms with Crippen molar-refractivity contribution in [3.8, 4) is 0 Å². The van der Waals surface area contributed by atoms with Crippen LogP contribution in [0.5, 0.6) is 0 Å². The van der Waals surface area contributed by atoms with E-state index in [1.165, 1.54) is 0 Å². The van der Waals surface area contributed by atoms with Gasteiger partial charge in [-0.1, -0.05) is 6.92 Å². The zero-order chi connectivity index (χ0) is 12.6. The summed E-state index contributed by atoms with van der Waals surface area (Å²) in [4.78, 5) is 12.8. The molecule has 0 aromatic rings. The van der Waals surface area contributed by atoms with Crippen LogP contribution in [0.3, 0.4) is 0 Å². The third kappa shape index (κ3) is 6.76. The molecule has 0 saturated heterocycles. The number of aliphatic hydroxyl groups excluding tert-OH is 1. The summed E-state index contributed by atoms with van der Waals surface area (Å²) in [5.74, 6) is -1.15. The molecule has 5 heteroatoms. The van der Waals surface area contributed by atoms with Gasteiger partial charge in [0, 0.05) is 19.1 Å². The maximum Gasteiger partial charge on any atom is 0.307 e. The maximum absolute atomic E-state index is 10.7. The lowest BCUT2D eigenvalue weighted by molar-refractivity contribution is -0.142. The predicted octanol–water partition coefficient (Wildman–Crippen LogP) is 0.426. The molecule has 0 aromatic carbocycles.